The predicted molar refractivity (Wildman–Crippen MR) is 82.0 cm³/mol. The molecule has 0 aliphatic heterocycles. The zero-order valence-corrected chi connectivity index (χ0v) is 13.3. The summed E-state index contributed by atoms with van der Waals surface area (Å²) in [5, 5.41) is 13.1. The number of hydrogen-bond acceptors (Lipinski definition) is 6. The molecule has 0 heterocycles. The summed E-state index contributed by atoms with van der Waals surface area (Å²) in [5.41, 5.74) is -0.0654. The fraction of sp³-hybridized carbons (Fsp3) is 0.467. The number of nitro groups is 1. The van der Waals surface area contributed by atoms with Gasteiger partial charge in [-0.2, -0.15) is 0 Å². The van der Waals surface area contributed by atoms with Crippen molar-refractivity contribution in [1.82, 2.24) is 5.32 Å². The number of nitrogens with one attached hydrogen (secondary N) is 1. The van der Waals surface area contributed by atoms with Crippen molar-refractivity contribution in [3.8, 4) is 5.75 Å². The molecule has 126 valence electrons. The van der Waals surface area contributed by atoms with Crippen molar-refractivity contribution in [3.05, 3.63) is 34.4 Å². The van der Waals surface area contributed by atoms with Crippen molar-refractivity contribution >= 4 is 17.6 Å². The summed E-state index contributed by atoms with van der Waals surface area (Å²) >= 11 is 0. The SMILES string of the molecule is CC[C@H](C)[C@H](NC(=O)COc1ccc([N+](=O)[O-])cc1)C(=O)OC. The van der Waals surface area contributed by atoms with Gasteiger partial charge in [0.25, 0.3) is 11.6 Å². The highest BCUT2D eigenvalue weighted by Crippen LogP contribution is 2.17. The molecule has 1 amide bonds. The number of carbonyl (C=O) groups is 2. The van der Waals surface area contributed by atoms with Crippen LogP contribution in [0.5, 0.6) is 5.75 Å². The van der Waals surface area contributed by atoms with Crippen LogP contribution in [0, 0.1) is 16.0 Å². The zero-order valence-electron chi connectivity index (χ0n) is 13.3. The molecule has 1 aromatic rings. The van der Waals surface area contributed by atoms with Gasteiger partial charge in [0.2, 0.25) is 0 Å². The number of benzene rings is 1. The maximum absolute atomic E-state index is 11.9. The van der Waals surface area contributed by atoms with Crippen molar-refractivity contribution in [2.24, 2.45) is 5.92 Å². The minimum Gasteiger partial charge on any atom is -0.484 e. The third kappa shape index (κ3) is 5.57. The van der Waals surface area contributed by atoms with Gasteiger partial charge in [0.1, 0.15) is 11.8 Å². The average Bonchev–Trinajstić information content (AvgIpc) is 2.56. The molecule has 0 unspecified atom stereocenters. The van der Waals surface area contributed by atoms with Crippen molar-refractivity contribution < 1.29 is 24.0 Å². The maximum Gasteiger partial charge on any atom is 0.328 e. The van der Waals surface area contributed by atoms with Crippen molar-refractivity contribution in [2.45, 2.75) is 26.3 Å². The molecule has 0 saturated heterocycles. The highest BCUT2D eigenvalue weighted by molar-refractivity contribution is 5.85. The molecule has 8 nitrogen and oxygen atoms in total. The van der Waals surface area contributed by atoms with Crippen LogP contribution in [0.1, 0.15) is 20.3 Å². The first kappa shape index (κ1) is 18.4. The van der Waals surface area contributed by atoms with E-state index in [0.29, 0.717) is 12.2 Å². The molecule has 1 N–H and O–H groups in total. The Hall–Kier alpha value is -2.64. The summed E-state index contributed by atoms with van der Waals surface area (Å²) < 4.78 is 9.92. The number of carbonyl (C=O) groups excluding carboxylic acids is 2. The van der Waals surface area contributed by atoms with Gasteiger partial charge in [-0.25, -0.2) is 4.79 Å². The molecular weight excluding hydrogens is 304 g/mol. The molecule has 2 atom stereocenters. The molecule has 0 fully saturated rings. The lowest BCUT2D eigenvalue weighted by atomic mass is 9.99. The largest absolute Gasteiger partial charge is 0.484 e. The van der Waals surface area contributed by atoms with Crippen LogP contribution in [-0.4, -0.2) is 36.6 Å². The standard InChI is InChI=1S/C15H20N2O6/c1-4-10(2)14(15(19)22-3)16-13(18)9-23-12-7-5-11(6-8-12)17(20)21/h5-8,10,14H,4,9H2,1-3H3,(H,16,18)/t10-,14-/m0/s1. The molecule has 1 rings (SSSR count). The quantitative estimate of drug-likeness (QED) is 0.443. The lowest BCUT2D eigenvalue weighted by molar-refractivity contribution is -0.384. The molecule has 0 aromatic heterocycles. The Labute approximate surface area is 133 Å². The van der Waals surface area contributed by atoms with Gasteiger partial charge in [-0.3, -0.25) is 14.9 Å². The van der Waals surface area contributed by atoms with Gasteiger partial charge >= 0.3 is 5.97 Å². The van der Waals surface area contributed by atoms with Crippen LogP contribution in [-0.2, 0) is 14.3 Å². The number of ether oxygens (including phenoxy) is 2. The second kappa shape index (κ2) is 8.72. The normalized spacial score (nSPS) is 12.8. The number of amides is 1. The first-order chi connectivity index (χ1) is 10.9. The molecule has 0 aliphatic rings. The third-order valence-electron chi connectivity index (χ3n) is 3.40. The van der Waals surface area contributed by atoms with E-state index in [1.807, 2.05) is 13.8 Å². The van der Waals surface area contributed by atoms with Gasteiger partial charge in [0.05, 0.1) is 12.0 Å². The molecule has 23 heavy (non-hydrogen) atoms. The Morgan fingerprint density at radius 3 is 2.39 bits per heavy atom. The van der Waals surface area contributed by atoms with E-state index in [4.69, 9.17) is 4.74 Å². The van der Waals surface area contributed by atoms with Gasteiger partial charge < -0.3 is 14.8 Å². The minimum atomic E-state index is -0.738. The van der Waals surface area contributed by atoms with E-state index in [0.717, 1.165) is 0 Å². The van der Waals surface area contributed by atoms with Gasteiger partial charge in [-0.05, 0) is 18.1 Å². The Bertz CT molecular complexity index is 558. The lowest BCUT2D eigenvalue weighted by Gasteiger charge is -2.21. The van der Waals surface area contributed by atoms with Crippen LogP contribution in [0.4, 0.5) is 5.69 Å². The number of methoxy groups -OCH3 is 1. The minimum absolute atomic E-state index is 0.0654. The zero-order chi connectivity index (χ0) is 17.4. The average molecular weight is 324 g/mol. The summed E-state index contributed by atoms with van der Waals surface area (Å²) in [4.78, 5) is 33.6. The molecule has 0 bridgehead atoms. The molecule has 1 aromatic carbocycles. The Morgan fingerprint density at radius 1 is 1.30 bits per heavy atom. The van der Waals surface area contributed by atoms with E-state index < -0.39 is 22.8 Å². The number of esters is 1. The van der Waals surface area contributed by atoms with Gasteiger partial charge in [0.15, 0.2) is 6.61 Å². The molecule has 0 spiro atoms. The Morgan fingerprint density at radius 2 is 1.91 bits per heavy atom. The summed E-state index contributed by atoms with van der Waals surface area (Å²) in [6.45, 7) is 3.43. The molecule has 8 heteroatoms. The number of nitrogens with zero attached hydrogens (tertiary/aromatic N) is 1. The van der Waals surface area contributed by atoms with Crippen LogP contribution in [0.15, 0.2) is 24.3 Å². The second-order valence-electron chi connectivity index (χ2n) is 4.99. The van der Waals surface area contributed by atoms with Crippen LogP contribution in [0.25, 0.3) is 0 Å². The fourth-order valence-corrected chi connectivity index (χ4v) is 1.82. The van der Waals surface area contributed by atoms with Crippen molar-refractivity contribution in [1.29, 1.82) is 0 Å². The number of non-ortho nitro benzene ring substituents is 1. The van der Waals surface area contributed by atoms with Crippen LogP contribution < -0.4 is 10.1 Å². The fourth-order valence-electron chi connectivity index (χ4n) is 1.82. The second-order valence-corrected chi connectivity index (χ2v) is 4.99. The summed E-state index contributed by atoms with van der Waals surface area (Å²) in [7, 11) is 1.26. The van der Waals surface area contributed by atoms with Gasteiger partial charge in [-0.15, -0.1) is 0 Å². The summed E-state index contributed by atoms with van der Waals surface area (Å²) in [5.74, 6) is -0.739. The predicted octanol–water partition coefficient (Wildman–Crippen LogP) is 1.68. The maximum atomic E-state index is 11.9. The van der Waals surface area contributed by atoms with Gasteiger partial charge in [0, 0.05) is 12.1 Å². The molecule has 0 aliphatic carbocycles. The Balaban J connectivity index is 2.58. The molecule has 0 saturated carbocycles. The lowest BCUT2D eigenvalue weighted by Crippen LogP contribution is -2.47. The van der Waals surface area contributed by atoms with E-state index in [1.165, 1.54) is 31.4 Å². The van der Waals surface area contributed by atoms with E-state index in [-0.39, 0.29) is 18.2 Å². The van der Waals surface area contributed by atoms with Crippen LogP contribution >= 0.6 is 0 Å². The smallest absolute Gasteiger partial charge is 0.328 e. The highest BCUT2D eigenvalue weighted by atomic mass is 16.6. The third-order valence-corrected chi connectivity index (χ3v) is 3.40. The van der Waals surface area contributed by atoms with Crippen LogP contribution in [0.2, 0.25) is 0 Å². The van der Waals surface area contributed by atoms with Crippen molar-refractivity contribution in [2.75, 3.05) is 13.7 Å². The monoisotopic (exact) mass is 324 g/mol. The topological polar surface area (TPSA) is 108 Å². The number of rotatable bonds is 8. The first-order valence-corrected chi connectivity index (χ1v) is 7.13. The number of hydrogen-bond donors (Lipinski definition) is 1. The first-order valence-electron chi connectivity index (χ1n) is 7.13. The molecule has 0 radical (unpaired) electrons. The van der Waals surface area contributed by atoms with E-state index in [9.17, 15) is 19.7 Å². The van der Waals surface area contributed by atoms with Gasteiger partial charge in [-0.1, -0.05) is 20.3 Å². The Kier molecular flexibility index (Phi) is 6.98. The summed E-state index contributed by atoms with van der Waals surface area (Å²) in [6, 6.07) is 4.63. The highest BCUT2D eigenvalue weighted by Gasteiger charge is 2.26. The van der Waals surface area contributed by atoms with Crippen LogP contribution in [0.3, 0.4) is 0 Å². The number of nitro benzene ring substituents is 1. The van der Waals surface area contributed by atoms with E-state index in [2.05, 4.69) is 10.1 Å². The summed E-state index contributed by atoms with van der Waals surface area (Å²) in [6.07, 6.45) is 0.698. The van der Waals surface area contributed by atoms with Crippen molar-refractivity contribution in [3.63, 3.8) is 0 Å². The molecular formula is C15H20N2O6. The van der Waals surface area contributed by atoms with E-state index in [1.54, 1.807) is 0 Å². The van der Waals surface area contributed by atoms with E-state index >= 15 is 0 Å².